The number of nitrogens with zero attached hydrogens (tertiary/aromatic N) is 1. The first kappa shape index (κ1) is 19.5. The highest BCUT2D eigenvalue weighted by Crippen LogP contribution is 2.39. The van der Waals surface area contributed by atoms with E-state index in [-0.39, 0.29) is 23.2 Å². The van der Waals surface area contributed by atoms with Crippen molar-refractivity contribution >= 4 is 32.8 Å². The zero-order chi connectivity index (χ0) is 21.0. The fourth-order valence-corrected chi connectivity index (χ4v) is 4.73. The number of hydrogen-bond donors (Lipinski definition) is 0. The molecule has 6 heteroatoms. The minimum Gasteiger partial charge on any atom is -0.450 e. The summed E-state index contributed by atoms with van der Waals surface area (Å²) in [6, 6.07) is 11.0. The zero-order valence-electron chi connectivity index (χ0n) is 16.9. The topological polar surface area (TPSA) is 59.8 Å². The Balaban J connectivity index is 1.72. The standard InChI is InChI=1S/C24H22BrNO4/c1-13-10-18-19(11-14(13)2)30-23-20(22(18)27)21(15-5-7-16(25)8-6-15)26(24(23)28)12-17-4-3-9-29-17/h5-8,10-11,17,21H,3-4,9,12H2,1-2H3. The van der Waals surface area contributed by atoms with Crippen LogP contribution >= 0.6 is 15.9 Å². The van der Waals surface area contributed by atoms with Crippen molar-refractivity contribution in [3.8, 4) is 0 Å². The predicted octanol–water partition coefficient (Wildman–Crippen LogP) is 4.90. The molecule has 154 valence electrons. The van der Waals surface area contributed by atoms with E-state index in [0.717, 1.165) is 34.0 Å². The van der Waals surface area contributed by atoms with Gasteiger partial charge in [0.1, 0.15) is 5.58 Å². The summed E-state index contributed by atoms with van der Waals surface area (Å²) in [7, 11) is 0. The number of halogens is 1. The summed E-state index contributed by atoms with van der Waals surface area (Å²) < 4.78 is 12.8. The zero-order valence-corrected chi connectivity index (χ0v) is 18.5. The summed E-state index contributed by atoms with van der Waals surface area (Å²) in [6.45, 7) is 5.10. The molecule has 0 aliphatic carbocycles. The predicted molar refractivity (Wildman–Crippen MR) is 118 cm³/mol. The van der Waals surface area contributed by atoms with Gasteiger partial charge in [0.05, 0.1) is 23.1 Å². The second kappa shape index (κ2) is 7.36. The van der Waals surface area contributed by atoms with Crippen LogP contribution in [0.25, 0.3) is 11.0 Å². The van der Waals surface area contributed by atoms with Crippen molar-refractivity contribution in [1.82, 2.24) is 4.90 Å². The Morgan fingerprint density at radius 2 is 1.83 bits per heavy atom. The number of amides is 1. The van der Waals surface area contributed by atoms with Gasteiger partial charge in [-0.3, -0.25) is 9.59 Å². The van der Waals surface area contributed by atoms with Gasteiger partial charge >= 0.3 is 0 Å². The van der Waals surface area contributed by atoms with Crippen LogP contribution < -0.4 is 5.43 Å². The number of carbonyl (C=O) groups excluding carboxylic acids is 1. The average molecular weight is 468 g/mol. The average Bonchev–Trinajstić information content (AvgIpc) is 3.33. The molecule has 5 rings (SSSR count). The fourth-order valence-electron chi connectivity index (χ4n) is 4.46. The number of carbonyl (C=O) groups is 1. The molecule has 0 saturated carbocycles. The molecule has 1 saturated heterocycles. The van der Waals surface area contributed by atoms with E-state index in [1.54, 1.807) is 4.90 Å². The van der Waals surface area contributed by atoms with Crippen LogP contribution in [-0.4, -0.2) is 30.1 Å². The molecule has 0 bridgehead atoms. The van der Waals surface area contributed by atoms with E-state index in [2.05, 4.69) is 15.9 Å². The van der Waals surface area contributed by atoms with Crippen molar-refractivity contribution < 1.29 is 13.9 Å². The third-order valence-corrected chi connectivity index (χ3v) is 6.72. The molecule has 3 heterocycles. The number of benzene rings is 2. The van der Waals surface area contributed by atoms with Crippen LogP contribution in [0.1, 0.15) is 51.7 Å². The second-order valence-electron chi connectivity index (χ2n) is 8.15. The lowest BCUT2D eigenvalue weighted by Gasteiger charge is -2.27. The van der Waals surface area contributed by atoms with Crippen molar-refractivity contribution in [3.05, 3.63) is 79.1 Å². The third kappa shape index (κ3) is 3.10. The molecule has 30 heavy (non-hydrogen) atoms. The van der Waals surface area contributed by atoms with E-state index in [1.807, 2.05) is 50.2 Å². The van der Waals surface area contributed by atoms with Crippen molar-refractivity contribution in [2.24, 2.45) is 0 Å². The monoisotopic (exact) mass is 467 g/mol. The Labute approximate surface area is 182 Å². The van der Waals surface area contributed by atoms with E-state index in [9.17, 15) is 9.59 Å². The lowest BCUT2D eigenvalue weighted by molar-refractivity contribution is 0.0486. The van der Waals surface area contributed by atoms with Gasteiger partial charge in [-0.15, -0.1) is 0 Å². The van der Waals surface area contributed by atoms with Gasteiger partial charge in [-0.2, -0.15) is 0 Å². The van der Waals surface area contributed by atoms with Gasteiger partial charge in [0.15, 0.2) is 5.43 Å². The summed E-state index contributed by atoms with van der Waals surface area (Å²) in [5, 5.41) is 0.519. The van der Waals surface area contributed by atoms with Crippen LogP contribution in [0.15, 0.2) is 50.1 Å². The number of ether oxygens (including phenoxy) is 1. The number of aryl methyl sites for hydroxylation is 2. The van der Waals surface area contributed by atoms with Crippen LogP contribution in [0.3, 0.4) is 0 Å². The normalized spacial score (nSPS) is 20.9. The summed E-state index contributed by atoms with van der Waals surface area (Å²) in [4.78, 5) is 28.7. The smallest absolute Gasteiger partial charge is 0.291 e. The number of rotatable bonds is 3. The SMILES string of the molecule is Cc1cc2oc3c(c(=O)c2cc1C)C(c1ccc(Br)cc1)N(CC1CCCO1)C3=O. The molecule has 2 aliphatic heterocycles. The van der Waals surface area contributed by atoms with E-state index in [0.29, 0.717) is 29.7 Å². The first-order chi connectivity index (χ1) is 14.4. The highest BCUT2D eigenvalue weighted by atomic mass is 79.9. The van der Waals surface area contributed by atoms with Gasteiger partial charge in [0, 0.05) is 17.6 Å². The van der Waals surface area contributed by atoms with E-state index in [4.69, 9.17) is 9.15 Å². The maximum atomic E-state index is 13.6. The molecule has 0 spiro atoms. The second-order valence-corrected chi connectivity index (χ2v) is 9.07. The van der Waals surface area contributed by atoms with Crippen molar-refractivity contribution in [2.45, 2.75) is 38.8 Å². The Morgan fingerprint density at radius 1 is 1.10 bits per heavy atom. The van der Waals surface area contributed by atoms with Crippen LogP contribution in [0.5, 0.6) is 0 Å². The first-order valence-corrected chi connectivity index (χ1v) is 11.0. The molecule has 1 aromatic heterocycles. The molecule has 2 atom stereocenters. The van der Waals surface area contributed by atoms with Gasteiger partial charge in [0.2, 0.25) is 5.76 Å². The maximum absolute atomic E-state index is 13.6. The first-order valence-electron chi connectivity index (χ1n) is 10.2. The Kier molecular flexibility index (Phi) is 4.79. The van der Waals surface area contributed by atoms with Crippen molar-refractivity contribution in [2.75, 3.05) is 13.2 Å². The molecular weight excluding hydrogens is 446 g/mol. The van der Waals surface area contributed by atoms with Crippen LogP contribution in [0.4, 0.5) is 0 Å². The Bertz CT molecular complexity index is 1210. The summed E-state index contributed by atoms with van der Waals surface area (Å²) in [6.07, 6.45) is 1.88. The summed E-state index contributed by atoms with van der Waals surface area (Å²) in [5.41, 5.74) is 3.69. The minimum atomic E-state index is -0.480. The molecule has 1 amide bonds. The van der Waals surface area contributed by atoms with Crippen molar-refractivity contribution in [3.63, 3.8) is 0 Å². The maximum Gasteiger partial charge on any atom is 0.291 e. The molecule has 5 nitrogen and oxygen atoms in total. The molecular formula is C24H22BrNO4. The van der Waals surface area contributed by atoms with Gasteiger partial charge in [0.25, 0.3) is 5.91 Å². The summed E-state index contributed by atoms with van der Waals surface area (Å²) in [5.74, 6) is -0.0904. The molecule has 0 radical (unpaired) electrons. The molecule has 3 aromatic rings. The number of fused-ring (bicyclic) bond motifs is 2. The quantitative estimate of drug-likeness (QED) is 0.549. The van der Waals surface area contributed by atoms with Crippen LogP contribution in [-0.2, 0) is 4.74 Å². The van der Waals surface area contributed by atoms with E-state index >= 15 is 0 Å². The van der Waals surface area contributed by atoms with Crippen LogP contribution in [0, 0.1) is 13.8 Å². The Morgan fingerprint density at radius 3 is 2.53 bits per heavy atom. The molecule has 2 aliphatic rings. The van der Waals surface area contributed by atoms with E-state index < -0.39 is 6.04 Å². The minimum absolute atomic E-state index is 0.0183. The van der Waals surface area contributed by atoms with Crippen molar-refractivity contribution in [1.29, 1.82) is 0 Å². The van der Waals surface area contributed by atoms with Gasteiger partial charge in [-0.25, -0.2) is 0 Å². The third-order valence-electron chi connectivity index (χ3n) is 6.19. The molecule has 0 N–H and O–H groups in total. The largest absolute Gasteiger partial charge is 0.450 e. The van der Waals surface area contributed by atoms with Gasteiger partial charge in [-0.05, 0) is 67.6 Å². The summed E-state index contributed by atoms with van der Waals surface area (Å²) >= 11 is 3.46. The molecule has 2 unspecified atom stereocenters. The van der Waals surface area contributed by atoms with Gasteiger partial charge in [-0.1, -0.05) is 28.1 Å². The van der Waals surface area contributed by atoms with E-state index in [1.165, 1.54) is 0 Å². The molecule has 2 aromatic carbocycles. The highest BCUT2D eigenvalue weighted by molar-refractivity contribution is 9.10. The van der Waals surface area contributed by atoms with Gasteiger partial charge < -0.3 is 14.1 Å². The molecule has 1 fully saturated rings. The lowest BCUT2D eigenvalue weighted by atomic mass is 9.97. The highest BCUT2D eigenvalue weighted by Gasteiger charge is 2.43. The fraction of sp³-hybridized carbons (Fsp3) is 0.333. The Hall–Kier alpha value is -2.44. The lowest BCUT2D eigenvalue weighted by Crippen LogP contribution is -2.36. The van der Waals surface area contributed by atoms with Crippen LogP contribution in [0.2, 0.25) is 0 Å². The number of hydrogen-bond acceptors (Lipinski definition) is 4.